The molecular weight excluding hydrogens is 466 g/mol. The number of amides is 1. The van der Waals surface area contributed by atoms with Crippen LogP contribution in [-0.4, -0.2) is 44.4 Å². The molecule has 1 aromatic heterocycles. The highest BCUT2D eigenvalue weighted by Gasteiger charge is 2.30. The first-order valence-corrected chi connectivity index (χ1v) is 13.1. The molecule has 0 aliphatic carbocycles. The van der Waals surface area contributed by atoms with Gasteiger partial charge in [-0.05, 0) is 51.1 Å². The Labute approximate surface area is 195 Å². The fraction of sp³-hybridized carbons (Fsp3) is 0.364. The molecule has 0 bridgehead atoms. The number of aromatic nitrogens is 1. The van der Waals surface area contributed by atoms with Gasteiger partial charge in [0.2, 0.25) is 15.9 Å². The molecule has 0 radical (unpaired) electrons. The summed E-state index contributed by atoms with van der Waals surface area (Å²) < 4.78 is 39.8. The molecule has 1 aliphatic heterocycles. The van der Waals surface area contributed by atoms with Crippen molar-refractivity contribution in [3.63, 3.8) is 0 Å². The lowest BCUT2D eigenvalue weighted by Crippen LogP contribution is -2.45. The van der Waals surface area contributed by atoms with Gasteiger partial charge in [0.05, 0.1) is 22.2 Å². The number of fused-ring (bicyclic) bond motifs is 2. The van der Waals surface area contributed by atoms with E-state index in [1.165, 1.54) is 6.92 Å². The van der Waals surface area contributed by atoms with Crippen LogP contribution in [0.2, 0.25) is 0 Å². The summed E-state index contributed by atoms with van der Waals surface area (Å²) in [6.07, 6.45) is 1.05. The van der Waals surface area contributed by atoms with Crippen LogP contribution in [-0.2, 0) is 14.8 Å². The third-order valence-corrected chi connectivity index (χ3v) is 7.43. The first-order chi connectivity index (χ1) is 15.6. The third kappa shape index (κ3) is 4.55. The maximum atomic E-state index is 13.0. The first kappa shape index (κ1) is 23.1. The summed E-state index contributed by atoms with van der Waals surface area (Å²) >= 11 is 1.10. The van der Waals surface area contributed by atoms with E-state index in [9.17, 15) is 18.0 Å². The number of sulfonamides is 1. The van der Waals surface area contributed by atoms with Crippen LogP contribution in [0.3, 0.4) is 0 Å². The van der Waals surface area contributed by atoms with Gasteiger partial charge in [0.15, 0.2) is 11.5 Å². The summed E-state index contributed by atoms with van der Waals surface area (Å²) in [6.45, 7) is 6.16. The average Bonchev–Trinajstić information content (AvgIpc) is 3.07. The third-order valence-electron chi connectivity index (χ3n) is 5.27. The standard InChI is InChI=1S/C22H25N3O6S2/c1-13(2)24-17-7-5-15(11-20(17)32-22(24)27)23-21(26)14(3)25(33(4,28)29)16-6-8-18-19(12-16)31-10-9-30-18/h5-8,11-14H,9-10H2,1-4H3,(H,23,26)/t14-/m0/s1. The van der Waals surface area contributed by atoms with Gasteiger partial charge in [0, 0.05) is 17.8 Å². The van der Waals surface area contributed by atoms with Crippen LogP contribution in [0.4, 0.5) is 11.4 Å². The summed E-state index contributed by atoms with van der Waals surface area (Å²) in [5.74, 6) is 0.441. The Balaban J connectivity index is 1.62. The van der Waals surface area contributed by atoms with Gasteiger partial charge in [-0.2, -0.15) is 0 Å². The monoisotopic (exact) mass is 491 g/mol. The van der Waals surface area contributed by atoms with Crippen molar-refractivity contribution in [1.82, 2.24) is 4.57 Å². The van der Waals surface area contributed by atoms with Crippen molar-refractivity contribution < 1.29 is 22.7 Å². The van der Waals surface area contributed by atoms with E-state index in [-0.39, 0.29) is 10.9 Å². The molecule has 1 N–H and O–H groups in total. The van der Waals surface area contributed by atoms with Crippen LogP contribution in [0.25, 0.3) is 10.2 Å². The van der Waals surface area contributed by atoms with Crippen molar-refractivity contribution in [2.75, 3.05) is 29.1 Å². The van der Waals surface area contributed by atoms with E-state index < -0.39 is 22.0 Å². The number of nitrogens with one attached hydrogen (secondary N) is 1. The number of carbonyl (C=O) groups is 1. The number of benzene rings is 2. The zero-order chi connectivity index (χ0) is 23.9. The minimum atomic E-state index is -3.79. The van der Waals surface area contributed by atoms with E-state index >= 15 is 0 Å². The molecule has 176 valence electrons. The number of rotatable bonds is 6. The minimum Gasteiger partial charge on any atom is -0.486 e. The Hall–Kier alpha value is -3.05. The molecule has 11 heteroatoms. The van der Waals surface area contributed by atoms with E-state index in [2.05, 4.69) is 5.32 Å². The molecule has 0 saturated heterocycles. The Kier molecular flexibility index (Phi) is 6.10. The lowest BCUT2D eigenvalue weighted by molar-refractivity contribution is -0.116. The van der Waals surface area contributed by atoms with Crippen molar-refractivity contribution in [1.29, 1.82) is 0 Å². The maximum Gasteiger partial charge on any atom is 0.308 e. The van der Waals surface area contributed by atoms with Gasteiger partial charge in [-0.15, -0.1) is 0 Å². The largest absolute Gasteiger partial charge is 0.486 e. The molecule has 0 fully saturated rings. The van der Waals surface area contributed by atoms with E-state index in [0.717, 1.165) is 32.1 Å². The number of nitrogens with zero attached hydrogens (tertiary/aromatic N) is 2. The van der Waals surface area contributed by atoms with Crippen molar-refractivity contribution in [3.8, 4) is 11.5 Å². The minimum absolute atomic E-state index is 0.0148. The SMILES string of the molecule is CC(C)n1c(=O)sc2cc(NC(=O)[C@H](C)N(c3ccc4c(c3)OCCO4)S(C)(=O)=O)ccc21. The fourth-order valence-electron chi connectivity index (χ4n) is 3.83. The predicted molar refractivity (Wildman–Crippen MR) is 129 cm³/mol. The highest BCUT2D eigenvalue weighted by atomic mass is 32.2. The lowest BCUT2D eigenvalue weighted by atomic mass is 10.2. The Morgan fingerprint density at radius 2 is 1.79 bits per heavy atom. The van der Waals surface area contributed by atoms with Crippen LogP contribution >= 0.6 is 11.3 Å². The number of carbonyl (C=O) groups excluding carboxylic acids is 1. The highest BCUT2D eigenvalue weighted by molar-refractivity contribution is 7.92. The van der Waals surface area contributed by atoms with Crippen molar-refractivity contribution in [2.45, 2.75) is 32.9 Å². The zero-order valence-corrected chi connectivity index (χ0v) is 20.3. The van der Waals surface area contributed by atoms with Crippen molar-refractivity contribution >= 4 is 48.9 Å². The highest BCUT2D eigenvalue weighted by Crippen LogP contribution is 2.35. The van der Waals surface area contributed by atoms with Crippen LogP contribution in [0.5, 0.6) is 11.5 Å². The molecule has 1 aliphatic rings. The maximum absolute atomic E-state index is 13.0. The van der Waals surface area contributed by atoms with E-state index in [0.29, 0.717) is 36.1 Å². The predicted octanol–water partition coefficient (Wildman–Crippen LogP) is 3.21. The molecule has 9 nitrogen and oxygen atoms in total. The smallest absolute Gasteiger partial charge is 0.308 e. The average molecular weight is 492 g/mol. The second kappa shape index (κ2) is 8.71. The summed E-state index contributed by atoms with van der Waals surface area (Å²) in [5.41, 5.74) is 1.57. The summed E-state index contributed by atoms with van der Waals surface area (Å²) in [4.78, 5) is 25.3. The Bertz CT molecular complexity index is 1380. The molecule has 1 atom stereocenters. The molecule has 3 aromatic rings. The van der Waals surface area contributed by atoms with E-state index in [4.69, 9.17) is 9.47 Å². The number of ether oxygens (including phenoxy) is 2. The number of anilines is 2. The molecule has 0 saturated carbocycles. The molecule has 0 unspecified atom stereocenters. The molecule has 33 heavy (non-hydrogen) atoms. The molecule has 2 heterocycles. The first-order valence-electron chi connectivity index (χ1n) is 10.4. The van der Waals surface area contributed by atoms with Gasteiger partial charge in [0.1, 0.15) is 19.3 Å². The number of thiazole rings is 1. The Morgan fingerprint density at radius 1 is 1.09 bits per heavy atom. The molecule has 0 spiro atoms. The number of hydrogen-bond donors (Lipinski definition) is 1. The molecule has 4 rings (SSSR count). The van der Waals surface area contributed by atoms with Gasteiger partial charge >= 0.3 is 4.87 Å². The number of hydrogen-bond acceptors (Lipinski definition) is 7. The second-order valence-corrected chi connectivity index (χ2v) is 10.9. The van der Waals surface area contributed by atoms with Gasteiger partial charge in [-0.1, -0.05) is 11.3 Å². The van der Waals surface area contributed by atoms with Crippen LogP contribution in [0, 0.1) is 0 Å². The quantitative estimate of drug-likeness (QED) is 0.568. The van der Waals surface area contributed by atoms with E-state index in [1.54, 1.807) is 41.0 Å². The summed E-state index contributed by atoms with van der Waals surface area (Å²) in [5, 5.41) is 2.77. The molecule has 2 aromatic carbocycles. The molecular formula is C22H25N3O6S2. The van der Waals surface area contributed by atoms with Crippen LogP contribution < -0.4 is 24.0 Å². The molecule has 1 amide bonds. The lowest BCUT2D eigenvalue weighted by Gasteiger charge is -2.29. The topological polar surface area (TPSA) is 107 Å². The summed E-state index contributed by atoms with van der Waals surface area (Å²) in [7, 11) is -3.79. The van der Waals surface area contributed by atoms with Crippen molar-refractivity contribution in [2.24, 2.45) is 0 Å². The van der Waals surface area contributed by atoms with Crippen LogP contribution in [0.15, 0.2) is 41.2 Å². The fourth-order valence-corrected chi connectivity index (χ4v) is 6.05. The van der Waals surface area contributed by atoms with Crippen LogP contribution in [0.1, 0.15) is 26.8 Å². The van der Waals surface area contributed by atoms with Gasteiger partial charge in [-0.25, -0.2) is 8.42 Å². The van der Waals surface area contributed by atoms with Crippen molar-refractivity contribution in [3.05, 3.63) is 46.1 Å². The van der Waals surface area contributed by atoms with E-state index in [1.807, 2.05) is 13.8 Å². The normalized spacial score (nSPS) is 14.3. The zero-order valence-electron chi connectivity index (χ0n) is 18.7. The van der Waals surface area contributed by atoms with Gasteiger partial charge < -0.3 is 14.8 Å². The summed E-state index contributed by atoms with van der Waals surface area (Å²) in [6, 6.07) is 8.93. The Morgan fingerprint density at radius 3 is 2.45 bits per heavy atom. The van der Waals surface area contributed by atoms with Gasteiger partial charge in [-0.3, -0.25) is 18.5 Å². The van der Waals surface area contributed by atoms with Gasteiger partial charge in [0.25, 0.3) is 0 Å². The second-order valence-electron chi connectivity index (χ2n) is 8.07.